The maximum Gasteiger partial charge on any atom is 0.265 e. The fourth-order valence-corrected chi connectivity index (χ4v) is 5.74. The molecule has 10 heteroatoms. The lowest BCUT2D eigenvalue weighted by molar-refractivity contribution is -0.135. The molecule has 1 N–H and O–H groups in total. The summed E-state index contributed by atoms with van der Waals surface area (Å²) in [5.74, 6) is 1.19. The number of carbonyl (C=O) groups is 1. The quantitative estimate of drug-likeness (QED) is 0.444. The maximum absolute atomic E-state index is 14.3. The Bertz CT molecular complexity index is 1500. The lowest BCUT2D eigenvalue weighted by Gasteiger charge is -2.33. The van der Waals surface area contributed by atoms with Gasteiger partial charge >= 0.3 is 0 Å². The summed E-state index contributed by atoms with van der Waals surface area (Å²) < 4.78 is 32.3. The first-order chi connectivity index (χ1) is 17.8. The van der Waals surface area contributed by atoms with Crippen LogP contribution in [0.25, 0.3) is 33.4 Å². The number of rotatable bonds is 4. The van der Waals surface area contributed by atoms with E-state index < -0.39 is 6.43 Å². The number of nitrogens with zero attached hydrogens (tertiary/aromatic N) is 6. The van der Waals surface area contributed by atoms with Gasteiger partial charge in [0.2, 0.25) is 5.91 Å². The van der Waals surface area contributed by atoms with E-state index in [2.05, 4.69) is 20.0 Å². The summed E-state index contributed by atoms with van der Waals surface area (Å²) in [6.45, 7) is 4.13. The number of carbonyl (C=O) groups excluding carboxylic acids is 1. The Morgan fingerprint density at radius 3 is 2.59 bits per heavy atom. The van der Waals surface area contributed by atoms with Crippen LogP contribution in [0.2, 0.25) is 0 Å². The molecule has 0 radical (unpaired) electrons. The zero-order valence-electron chi connectivity index (χ0n) is 21.1. The highest BCUT2D eigenvalue weighted by atomic mass is 19.3. The Kier molecular flexibility index (Phi) is 5.78. The van der Waals surface area contributed by atoms with Crippen molar-refractivity contribution in [1.29, 1.82) is 0 Å². The average molecular weight is 506 g/mol. The Balaban J connectivity index is 1.58. The molecule has 1 saturated heterocycles. The van der Waals surface area contributed by atoms with Crippen LogP contribution in [0.3, 0.4) is 0 Å². The minimum absolute atomic E-state index is 0.0484. The second-order valence-electron chi connectivity index (χ2n) is 10.0. The molecule has 6 rings (SSSR count). The standard InChI is InChI=1S/C27H29F2N7O/c1-15-27(37)34(2)14-22-24(33-26(36(15)22)16-7-9-30-10-8-16)18-5-4-6-21-19(18)11-20(25(28)29)23(32-21)17-12-31-35(3)13-17/h4-6,11-13,15-16,25,30H,7-10,14H2,1-3H3/t15-/m1/s1. The largest absolute Gasteiger partial charge is 0.338 e. The van der Waals surface area contributed by atoms with Crippen molar-refractivity contribution < 1.29 is 13.6 Å². The van der Waals surface area contributed by atoms with Crippen molar-refractivity contribution in [2.75, 3.05) is 20.1 Å². The van der Waals surface area contributed by atoms with Crippen molar-refractivity contribution >= 4 is 16.8 Å². The highest BCUT2D eigenvalue weighted by Crippen LogP contribution is 2.40. The number of imidazole rings is 1. The fraction of sp³-hybridized carbons (Fsp3) is 0.407. The Morgan fingerprint density at radius 2 is 1.89 bits per heavy atom. The summed E-state index contributed by atoms with van der Waals surface area (Å²) in [6.07, 6.45) is 2.41. The molecule has 0 spiro atoms. The van der Waals surface area contributed by atoms with Gasteiger partial charge in [-0.2, -0.15) is 5.10 Å². The first kappa shape index (κ1) is 23.7. The number of pyridine rings is 1. The van der Waals surface area contributed by atoms with Crippen molar-refractivity contribution in [2.24, 2.45) is 7.05 Å². The first-order valence-electron chi connectivity index (χ1n) is 12.6. The highest BCUT2D eigenvalue weighted by molar-refractivity contribution is 5.96. The molecule has 0 unspecified atom stereocenters. The van der Waals surface area contributed by atoms with Gasteiger partial charge in [-0.15, -0.1) is 0 Å². The van der Waals surface area contributed by atoms with E-state index in [4.69, 9.17) is 4.98 Å². The molecule has 4 aromatic rings. The zero-order valence-corrected chi connectivity index (χ0v) is 21.1. The van der Waals surface area contributed by atoms with Crippen molar-refractivity contribution in [3.8, 4) is 22.5 Å². The van der Waals surface area contributed by atoms with E-state index in [1.807, 2.05) is 25.1 Å². The van der Waals surface area contributed by atoms with Gasteiger partial charge in [-0.05, 0) is 45.0 Å². The molecule has 3 aromatic heterocycles. The summed E-state index contributed by atoms with van der Waals surface area (Å²) in [6, 6.07) is 6.81. The predicted molar refractivity (Wildman–Crippen MR) is 136 cm³/mol. The summed E-state index contributed by atoms with van der Waals surface area (Å²) in [7, 11) is 3.54. The SMILES string of the molecule is C[C@@H]1C(=O)N(C)Cc2c(-c3cccc4nc(-c5cnn(C)c5)c(C(F)F)cc34)nc(C3CCNCC3)n21. The van der Waals surface area contributed by atoms with Crippen LogP contribution < -0.4 is 5.32 Å². The first-order valence-corrected chi connectivity index (χ1v) is 12.6. The molecule has 8 nitrogen and oxygen atoms in total. The Labute approximate surface area is 213 Å². The summed E-state index contributed by atoms with van der Waals surface area (Å²) in [4.78, 5) is 24.5. The van der Waals surface area contributed by atoms with Gasteiger partial charge in [0.05, 0.1) is 35.3 Å². The number of likely N-dealkylation sites (N-methyl/N-ethyl adjacent to an activating group) is 1. The van der Waals surface area contributed by atoms with E-state index in [0.29, 0.717) is 23.0 Å². The Morgan fingerprint density at radius 1 is 1.11 bits per heavy atom. The molecule has 37 heavy (non-hydrogen) atoms. The van der Waals surface area contributed by atoms with Gasteiger partial charge in [0.1, 0.15) is 11.9 Å². The molecule has 1 atom stereocenters. The van der Waals surface area contributed by atoms with Crippen LogP contribution in [-0.2, 0) is 18.4 Å². The number of halogens is 2. The van der Waals surface area contributed by atoms with Gasteiger partial charge < -0.3 is 14.8 Å². The van der Waals surface area contributed by atoms with Crippen LogP contribution in [0, 0.1) is 0 Å². The molecular formula is C27H29F2N7O. The van der Waals surface area contributed by atoms with Gasteiger partial charge in [0.15, 0.2) is 0 Å². The number of aryl methyl sites for hydroxylation is 1. The van der Waals surface area contributed by atoms with Crippen LogP contribution in [0.1, 0.15) is 55.2 Å². The van der Waals surface area contributed by atoms with Crippen LogP contribution in [0.5, 0.6) is 0 Å². The second-order valence-corrected chi connectivity index (χ2v) is 10.0. The van der Waals surface area contributed by atoms with Gasteiger partial charge in [-0.25, -0.2) is 18.7 Å². The van der Waals surface area contributed by atoms with Crippen LogP contribution >= 0.6 is 0 Å². The third-order valence-electron chi connectivity index (χ3n) is 7.61. The molecule has 192 valence electrons. The third kappa shape index (κ3) is 3.90. The number of piperidine rings is 1. The lowest BCUT2D eigenvalue weighted by atomic mass is 9.96. The van der Waals surface area contributed by atoms with Gasteiger partial charge in [-0.1, -0.05) is 12.1 Å². The second kappa shape index (κ2) is 9.02. The van der Waals surface area contributed by atoms with Gasteiger partial charge in [0, 0.05) is 48.3 Å². The molecule has 0 saturated carbocycles. The van der Waals surface area contributed by atoms with E-state index in [1.54, 1.807) is 42.1 Å². The lowest BCUT2D eigenvalue weighted by Crippen LogP contribution is -2.40. The molecule has 2 aliphatic rings. The van der Waals surface area contributed by atoms with Crippen molar-refractivity contribution in [1.82, 2.24) is 34.5 Å². The molecule has 0 aliphatic carbocycles. The molecule has 1 aromatic carbocycles. The number of aromatic nitrogens is 5. The number of hydrogen-bond acceptors (Lipinski definition) is 5. The van der Waals surface area contributed by atoms with Gasteiger partial charge in [0.25, 0.3) is 6.43 Å². The molecule has 5 heterocycles. The van der Waals surface area contributed by atoms with Gasteiger partial charge in [-0.3, -0.25) is 9.48 Å². The van der Waals surface area contributed by atoms with Crippen LogP contribution in [0.15, 0.2) is 36.7 Å². The number of benzene rings is 1. The minimum Gasteiger partial charge on any atom is -0.338 e. The average Bonchev–Trinajstić information content (AvgIpc) is 3.50. The summed E-state index contributed by atoms with van der Waals surface area (Å²) >= 11 is 0. The summed E-state index contributed by atoms with van der Waals surface area (Å²) in [5, 5.41) is 8.15. The fourth-order valence-electron chi connectivity index (χ4n) is 5.74. The van der Waals surface area contributed by atoms with E-state index in [0.717, 1.165) is 48.7 Å². The zero-order chi connectivity index (χ0) is 25.8. The molecule has 1 amide bonds. The highest BCUT2D eigenvalue weighted by Gasteiger charge is 2.36. The van der Waals surface area contributed by atoms with Crippen LogP contribution in [0.4, 0.5) is 8.78 Å². The number of nitrogens with one attached hydrogen (secondary N) is 1. The normalized spacial score (nSPS) is 18.7. The van der Waals surface area contributed by atoms with E-state index in [9.17, 15) is 13.6 Å². The maximum atomic E-state index is 14.3. The van der Waals surface area contributed by atoms with Crippen molar-refractivity contribution in [2.45, 2.75) is 44.7 Å². The molecule has 2 aliphatic heterocycles. The molecule has 0 bridgehead atoms. The van der Waals surface area contributed by atoms with Crippen LogP contribution in [-0.4, -0.2) is 55.3 Å². The minimum atomic E-state index is -2.70. The summed E-state index contributed by atoms with van der Waals surface area (Å²) in [5.41, 5.74) is 3.68. The predicted octanol–water partition coefficient (Wildman–Crippen LogP) is 4.44. The third-order valence-corrected chi connectivity index (χ3v) is 7.61. The van der Waals surface area contributed by atoms with E-state index >= 15 is 0 Å². The topological polar surface area (TPSA) is 80.9 Å². The monoisotopic (exact) mass is 505 g/mol. The van der Waals surface area contributed by atoms with E-state index in [-0.39, 0.29) is 29.1 Å². The number of amides is 1. The van der Waals surface area contributed by atoms with Crippen molar-refractivity contribution in [3.63, 3.8) is 0 Å². The molecular weight excluding hydrogens is 476 g/mol. The van der Waals surface area contributed by atoms with Crippen molar-refractivity contribution in [3.05, 3.63) is 53.7 Å². The number of alkyl halides is 2. The number of fused-ring (bicyclic) bond motifs is 2. The Hall–Kier alpha value is -3.66. The number of hydrogen-bond donors (Lipinski definition) is 1. The smallest absolute Gasteiger partial charge is 0.265 e. The molecule has 1 fully saturated rings. The van der Waals surface area contributed by atoms with E-state index in [1.165, 1.54) is 0 Å².